The lowest BCUT2D eigenvalue weighted by Crippen LogP contribution is -2.42. The molecule has 0 unspecified atom stereocenters. The summed E-state index contributed by atoms with van der Waals surface area (Å²) >= 11 is 0. The third-order valence-electron chi connectivity index (χ3n) is 2.91. The van der Waals surface area contributed by atoms with E-state index in [0.29, 0.717) is 12.1 Å². The van der Waals surface area contributed by atoms with Gasteiger partial charge in [-0.15, -0.1) is 0 Å². The van der Waals surface area contributed by atoms with Crippen LogP contribution in [0.3, 0.4) is 0 Å². The molecule has 0 saturated heterocycles. The number of amides is 2. The molecule has 3 N–H and O–H groups in total. The summed E-state index contributed by atoms with van der Waals surface area (Å²) in [5.41, 5.74) is 2.25. The number of hydrogen-bond donors (Lipinski definition) is 3. The molecule has 0 spiro atoms. The Hall–Kier alpha value is -2.04. The van der Waals surface area contributed by atoms with E-state index in [1.165, 1.54) is 0 Å². The molecule has 0 aromatic heterocycles. The van der Waals surface area contributed by atoms with Crippen molar-refractivity contribution < 1.29 is 9.59 Å². The number of carbonyl (C=O) groups is 2. The lowest BCUT2D eigenvalue weighted by molar-refractivity contribution is -0.122. The predicted molar refractivity (Wildman–Crippen MR) is 85.6 cm³/mol. The predicted octanol–water partition coefficient (Wildman–Crippen LogP) is 2.07. The van der Waals surface area contributed by atoms with Crippen molar-refractivity contribution >= 4 is 17.5 Å². The Labute approximate surface area is 126 Å². The van der Waals surface area contributed by atoms with Crippen LogP contribution in [0.5, 0.6) is 0 Å². The van der Waals surface area contributed by atoms with Crippen molar-refractivity contribution in [3.63, 3.8) is 0 Å². The lowest BCUT2D eigenvalue weighted by Gasteiger charge is -2.20. The first-order chi connectivity index (χ1) is 9.73. The summed E-state index contributed by atoms with van der Waals surface area (Å²) < 4.78 is 0. The van der Waals surface area contributed by atoms with Crippen molar-refractivity contribution in [1.82, 2.24) is 10.6 Å². The maximum absolute atomic E-state index is 12.1. The van der Waals surface area contributed by atoms with Crippen molar-refractivity contribution in [3.8, 4) is 0 Å². The fourth-order valence-corrected chi connectivity index (χ4v) is 1.94. The van der Waals surface area contributed by atoms with Gasteiger partial charge in [0.25, 0.3) is 5.91 Å². The number of rotatable bonds is 5. The highest BCUT2D eigenvalue weighted by atomic mass is 16.2. The highest BCUT2D eigenvalue weighted by Crippen LogP contribution is 2.14. The van der Waals surface area contributed by atoms with Gasteiger partial charge in [-0.2, -0.15) is 0 Å². The van der Waals surface area contributed by atoms with Gasteiger partial charge in [-0.05, 0) is 51.5 Å². The molecule has 2 amide bonds. The summed E-state index contributed by atoms with van der Waals surface area (Å²) in [6.45, 7) is 8.00. The van der Waals surface area contributed by atoms with Crippen molar-refractivity contribution in [2.45, 2.75) is 39.7 Å². The molecular weight excluding hydrogens is 266 g/mol. The van der Waals surface area contributed by atoms with Gasteiger partial charge < -0.3 is 16.0 Å². The number of carbonyl (C=O) groups excluding carboxylic acids is 2. The summed E-state index contributed by atoms with van der Waals surface area (Å²) in [4.78, 5) is 23.7. The van der Waals surface area contributed by atoms with Gasteiger partial charge in [0.2, 0.25) is 5.91 Å². The second-order valence-corrected chi connectivity index (χ2v) is 6.08. The SMILES string of the molecule is CNc1ccc(C(=O)NCCC(=O)NC(C)(C)C)c(C)c1. The summed E-state index contributed by atoms with van der Waals surface area (Å²) in [7, 11) is 1.84. The van der Waals surface area contributed by atoms with E-state index in [-0.39, 0.29) is 23.8 Å². The Morgan fingerprint density at radius 1 is 1.19 bits per heavy atom. The largest absolute Gasteiger partial charge is 0.388 e. The van der Waals surface area contributed by atoms with Gasteiger partial charge in [0.1, 0.15) is 0 Å². The molecule has 0 bridgehead atoms. The molecule has 5 heteroatoms. The Morgan fingerprint density at radius 3 is 2.38 bits per heavy atom. The number of anilines is 1. The van der Waals surface area contributed by atoms with Crippen LogP contribution in [-0.2, 0) is 4.79 Å². The second kappa shape index (κ2) is 7.11. The highest BCUT2D eigenvalue weighted by molar-refractivity contribution is 5.96. The maximum atomic E-state index is 12.1. The van der Waals surface area contributed by atoms with Gasteiger partial charge in [-0.25, -0.2) is 0 Å². The van der Waals surface area contributed by atoms with Crippen LogP contribution in [0.15, 0.2) is 18.2 Å². The molecule has 0 aliphatic rings. The smallest absolute Gasteiger partial charge is 0.251 e. The molecule has 0 radical (unpaired) electrons. The quantitative estimate of drug-likeness (QED) is 0.778. The zero-order chi connectivity index (χ0) is 16.0. The third-order valence-corrected chi connectivity index (χ3v) is 2.91. The number of benzene rings is 1. The molecule has 0 aliphatic heterocycles. The van der Waals surface area contributed by atoms with Gasteiger partial charge in [0, 0.05) is 36.8 Å². The molecule has 116 valence electrons. The minimum Gasteiger partial charge on any atom is -0.388 e. The first-order valence-corrected chi connectivity index (χ1v) is 7.10. The van der Waals surface area contributed by atoms with E-state index >= 15 is 0 Å². The Morgan fingerprint density at radius 2 is 1.86 bits per heavy atom. The van der Waals surface area contributed by atoms with Crippen LogP contribution in [0.4, 0.5) is 5.69 Å². The third kappa shape index (κ3) is 5.85. The minimum atomic E-state index is -0.249. The maximum Gasteiger partial charge on any atom is 0.251 e. The van der Waals surface area contributed by atoms with E-state index in [1.54, 1.807) is 6.07 Å². The van der Waals surface area contributed by atoms with Crippen LogP contribution in [0.25, 0.3) is 0 Å². The molecule has 0 atom stereocenters. The molecule has 1 aromatic rings. The van der Waals surface area contributed by atoms with Crippen LogP contribution in [0, 0.1) is 6.92 Å². The summed E-state index contributed by atoms with van der Waals surface area (Å²) in [6, 6.07) is 5.56. The monoisotopic (exact) mass is 291 g/mol. The van der Waals surface area contributed by atoms with E-state index in [1.807, 2.05) is 46.9 Å². The average Bonchev–Trinajstić information content (AvgIpc) is 2.36. The Kier molecular flexibility index (Phi) is 5.76. The van der Waals surface area contributed by atoms with Gasteiger partial charge in [0.05, 0.1) is 0 Å². The van der Waals surface area contributed by atoms with E-state index in [9.17, 15) is 9.59 Å². The molecule has 0 fully saturated rings. The lowest BCUT2D eigenvalue weighted by atomic mass is 10.1. The molecular formula is C16H25N3O2. The zero-order valence-electron chi connectivity index (χ0n) is 13.5. The van der Waals surface area contributed by atoms with Gasteiger partial charge in [-0.3, -0.25) is 9.59 Å². The molecule has 1 rings (SSSR count). The van der Waals surface area contributed by atoms with Crippen LogP contribution in [0.1, 0.15) is 43.1 Å². The molecule has 5 nitrogen and oxygen atoms in total. The summed E-state index contributed by atoms with van der Waals surface area (Å²) in [6.07, 6.45) is 0.274. The Balaban J connectivity index is 2.49. The minimum absolute atomic E-state index is 0.0648. The fraction of sp³-hybridized carbons (Fsp3) is 0.500. The van der Waals surface area contributed by atoms with E-state index < -0.39 is 0 Å². The summed E-state index contributed by atoms with van der Waals surface area (Å²) in [5, 5.41) is 8.66. The van der Waals surface area contributed by atoms with Gasteiger partial charge >= 0.3 is 0 Å². The normalized spacial score (nSPS) is 10.9. The van der Waals surface area contributed by atoms with E-state index in [4.69, 9.17) is 0 Å². The summed E-state index contributed by atoms with van der Waals surface area (Å²) in [5.74, 6) is -0.219. The number of aryl methyl sites for hydroxylation is 1. The number of nitrogens with one attached hydrogen (secondary N) is 3. The van der Waals surface area contributed by atoms with Crippen molar-refractivity contribution in [2.75, 3.05) is 18.9 Å². The van der Waals surface area contributed by atoms with E-state index in [0.717, 1.165) is 11.3 Å². The second-order valence-electron chi connectivity index (χ2n) is 6.08. The van der Waals surface area contributed by atoms with Crippen molar-refractivity contribution in [3.05, 3.63) is 29.3 Å². The molecule has 0 aliphatic carbocycles. The van der Waals surface area contributed by atoms with Crippen LogP contribution in [-0.4, -0.2) is 30.9 Å². The van der Waals surface area contributed by atoms with Crippen molar-refractivity contribution in [1.29, 1.82) is 0 Å². The number of hydrogen-bond acceptors (Lipinski definition) is 3. The standard InChI is InChI=1S/C16H25N3O2/c1-11-10-12(17-5)6-7-13(11)15(21)18-9-8-14(20)19-16(2,3)4/h6-7,10,17H,8-9H2,1-5H3,(H,18,21)(H,19,20). The highest BCUT2D eigenvalue weighted by Gasteiger charge is 2.14. The van der Waals surface area contributed by atoms with Crippen LogP contribution < -0.4 is 16.0 Å². The first kappa shape index (κ1) is 17.0. The molecule has 0 heterocycles. The Bertz CT molecular complexity index is 519. The fourth-order valence-electron chi connectivity index (χ4n) is 1.94. The van der Waals surface area contributed by atoms with Crippen LogP contribution >= 0.6 is 0 Å². The van der Waals surface area contributed by atoms with Crippen molar-refractivity contribution in [2.24, 2.45) is 0 Å². The van der Waals surface area contributed by atoms with Crippen LogP contribution in [0.2, 0.25) is 0 Å². The first-order valence-electron chi connectivity index (χ1n) is 7.10. The van der Waals surface area contributed by atoms with E-state index in [2.05, 4.69) is 16.0 Å². The molecule has 0 saturated carbocycles. The topological polar surface area (TPSA) is 70.2 Å². The zero-order valence-corrected chi connectivity index (χ0v) is 13.5. The van der Waals surface area contributed by atoms with Gasteiger partial charge in [-0.1, -0.05) is 0 Å². The molecule has 21 heavy (non-hydrogen) atoms. The molecule has 1 aromatic carbocycles. The van der Waals surface area contributed by atoms with Gasteiger partial charge in [0.15, 0.2) is 0 Å². The average molecular weight is 291 g/mol.